The van der Waals surface area contributed by atoms with E-state index in [1.165, 1.54) is 12.3 Å². The van der Waals surface area contributed by atoms with E-state index in [0.717, 1.165) is 0 Å². The van der Waals surface area contributed by atoms with Gasteiger partial charge in [-0.1, -0.05) is 18.2 Å². The van der Waals surface area contributed by atoms with Crippen molar-refractivity contribution in [2.75, 3.05) is 0 Å². The molecule has 5 nitrogen and oxygen atoms in total. The molecular formula is C10H17ClN3O2+. The Morgan fingerprint density at radius 1 is 1.56 bits per heavy atom. The number of hydrazine groups is 1. The summed E-state index contributed by atoms with van der Waals surface area (Å²) in [6.07, 6.45) is 2.27. The number of ether oxygens (including phenoxy) is 1. The van der Waals surface area contributed by atoms with Crippen LogP contribution in [0, 0.1) is 0 Å². The molecule has 16 heavy (non-hydrogen) atoms. The number of carbonyl (C=O) groups is 1. The van der Waals surface area contributed by atoms with E-state index in [1.807, 2.05) is 0 Å². The van der Waals surface area contributed by atoms with Gasteiger partial charge in [-0.15, -0.1) is 5.10 Å². The molecule has 0 radical (unpaired) electrons. The third-order valence-electron chi connectivity index (χ3n) is 1.27. The topological polar surface area (TPSA) is 78.3 Å². The molecule has 0 bridgehead atoms. The SMILES string of the molecule is C=C(Cl)/C(=C\C=[NH+]\N)NC(=O)OC(C)(C)C. The van der Waals surface area contributed by atoms with Gasteiger partial charge in [-0.3, -0.25) is 5.32 Å². The van der Waals surface area contributed by atoms with E-state index in [-0.39, 0.29) is 5.03 Å². The standard InChI is InChI=1S/C10H16ClN3O2/c1-7(11)8(5-6-13-12)14-9(15)16-10(2,3)4/h5-6H,1,12H2,2-4H3,(H,14,15)/p+1/b8-5+,13-6+. The molecule has 0 saturated heterocycles. The Kier molecular flexibility index (Phi) is 5.60. The molecule has 0 saturated carbocycles. The fourth-order valence-corrected chi connectivity index (χ4v) is 0.855. The van der Waals surface area contributed by atoms with Crippen molar-refractivity contribution < 1.29 is 14.6 Å². The summed E-state index contributed by atoms with van der Waals surface area (Å²) < 4.78 is 5.04. The Bertz CT molecular complexity index is 329. The number of alkyl carbamates (subject to hydrolysis) is 1. The third-order valence-corrected chi connectivity index (χ3v) is 1.48. The molecule has 6 heteroatoms. The van der Waals surface area contributed by atoms with Crippen LogP contribution < -0.4 is 16.3 Å². The average Bonchev–Trinajstić information content (AvgIpc) is 2.08. The maximum atomic E-state index is 11.4. The van der Waals surface area contributed by atoms with Crippen molar-refractivity contribution >= 4 is 23.9 Å². The minimum absolute atomic E-state index is 0.178. The van der Waals surface area contributed by atoms with Crippen molar-refractivity contribution in [2.45, 2.75) is 26.4 Å². The summed E-state index contributed by atoms with van der Waals surface area (Å²) in [5, 5.41) is 4.91. The van der Waals surface area contributed by atoms with Crippen LogP contribution in [0.5, 0.6) is 0 Å². The number of carbonyl (C=O) groups excluding carboxylic acids is 1. The van der Waals surface area contributed by atoms with Crippen molar-refractivity contribution in [3.63, 3.8) is 0 Å². The van der Waals surface area contributed by atoms with Crippen LogP contribution in [0.2, 0.25) is 0 Å². The molecule has 0 aliphatic carbocycles. The van der Waals surface area contributed by atoms with Gasteiger partial charge >= 0.3 is 6.09 Å². The number of nitrogens with two attached hydrogens (primary N) is 1. The molecule has 0 rings (SSSR count). The Morgan fingerprint density at radius 2 is 2.12 bits per heavy atom. The molecule has 0 fully saturated rings. The first-order valence-electron chi connectivity index (χ1n) is 4.60. The molecule has 0 heterocycles. The summed E-state index contributed by atoms with van der Waals surface area (Å²) in [6, 6.07) is 0. The van der Waals surface area contributed by atoms with Gasteiger partial charge < -0.3 is 4.74 Å². The van der Waals surface area contributed by atoms with Gasteiger partial charge in [0, 0.05) is 6.08 Å². The molecule has 0 aromatic rings. The average molecular weight is 247 g/mol. The Balaban J connectivity index is 4.54. The predicted octanol–water partition coefficient (Wildman–Crippen LogP) is 0.173. The largest absolute Gasteiger partial charge is 0.444 e. The Labute approximate surface area is 100.0 Å². The fraction of sp³-hybridized carbons (Fsp3) is 0.400. The quantitative estimate of drug-likeness (QED) is 0.288. The first-order chi connectivity index (χ1) is 7.26. The van der Waals surface area contributed by atoms with E-state index in [9.17, 15) is 4.79 Å². The van der Waals surface area contributed by atoms with Crippen LogP contribution >= 0.6 is 11.6 Å². The molecule has 4 N–H and O–H groups in total. The fourth-order valence-electron chi connectivity index (χ4n) is 0.745. The lowest BCUT2D eigenvalue weighted by atomic mass is 10.2. The van der Waals surface area contributed by atoms with Crippen LogP contribution in [-0.2, 0) is 4.74 Å². The molecule has 1 amide bonds. The second-order valence-corrected chi connectivity index (χ2v) is 4.40. The second-order valence-electron chi connectivity index (χ2n) is 3.95. The molecule has 0 aromatic heterocycles. The number of nitrogens with one attached hydrogen (secondary N) is 2. The molecule has 0 atom stereocenters. The van der Waals surface area contributed by atoms with E-state index in [4.69, 9.17) is 22.2 Å². The first-order valence-corrected chi connectivity index (χ1v) is 4.98. The van der Waals surface area contributed by atoms with Gasteiger partial charge in [0.1, 0.15) is 5.60 Å². The highest BCUT2D eigenvalue weighted by molar-refractivity contribution is 6.31. The van der Waals surface area contributed by atoms with Crippen molar-refractivity contribution in [1.29, 1.82) is 0 Å². The number of allylic oxidation sites excluding steroid dienone is 2. The van der Waals surface area contributed by atoms with Gasteiger partial charge in [0.15, 0.2) is 6.21 Å². The number of amides is 1. The minimum atomic E-state index is -0.606. The van der Waals surface area contributed by atoms with Gasteiger partial charge in [-0.25, -0.2) is 10.6 Å². The van der Waals surface area contributed by atoms with Crippen LogP contribution in [0.15, 0.2) is 23.4 Å². The first kappa shape index (κ1) is 14.5. The maximum absolute atomic E-state index is 11.4. The molecule has 0 unspecified atom stereocenters. The van der Waals surface area contributed by atoms with E-state index < -0.39 is 11.7 Å². The van der Waals surface area contributed by atoms with Gasteiger partial charge in [0.25, 0.3) is 0 Å². The number of hydrogen-bond acceptors (Lipinski definition) is 3. The second kappa shape index (κ2) is 6.17. The smallest absolute Gasteiger partial charge is 0.412 e. The summed E-state index contributed by atoms with van der Waals surface area (Å²) in [6.45, 7) is 8.79. The highest BCUT2D eigenvalue weighted by Gasteiger charge is 2.17. The maximum Gasteiger partial charge on any atom is 0.412 e. The summed E-state index contributed by atoms with van der Waals surface area (Å²) in [5.41, 5.74) is -0.257. The zero-order valence-corrected chi connectivity index (χ0v) is 10.4. The van der Waals surface area contributed by atoms with Gasteiger partial charge in [-0.2, -0.15) is 0 Å². The van der Waals surface area contributed by atoms with Crippen LogP contribution in [0.4, 0.5) is 4.79 Å². The zero-order chi connectivity index (χ0) is 12.8. The predicted molar refractivity (Wildman–Crippen MR) is 63.7 cm³/mol. The number of hydrazone groups is 1. The molecule has 0 aliphatic heterocycles. The van der Waals surface area contributed by atoms with Gasteiger partial charge in [0.05, 0.1) is 10.7 Å². The molecule has 0 aliphatic rings. The summed E-state index contributed by atoms with van der Waals surface area (Å²) in [4.78, 5) is 11.4. The van der Waals surface area contributed by atoms with Crippen LogP contribution in [-0.4, -0.2) is 17.9 Å². The van der Waals surface area contributed by atoms with Crippen molar-refractivity contribution in [2.24, 2.45) is 5.84 Å². The Morgan fingerprint density at radius 3 is 2.50 bits per heavy atom. The van der Waals surface area contributed by atoms with E-state index in [1.54, 1.807) is 20.8 Å². The van der Waals surface area contributed by atoms with Gasteiger partial charge in [-0.05, 0) is 20.8 Å². The zero-order valence-electron chi connectivity index (χ0n) is 9.63. The lowest BCUT2D eigenvalue weighted by molar-refractivity contribution is -0.463. The van der Waals surface area contributed by atoms with E-state index >= 15 is 0 Å². The highest BCUT2D eigenvalue weighted by Crippen LogP contribution is 2.11. The Hall–Kier alpha value is -1.49. The van der Waals surface area contributed by atoms with E-state index in [2.05, 4.69) is 17.0 Å². The molecule has 0 aromatic carbocycles. The molecule has 90 valence electrons. The van der Waals surface area contributed by atoms with Crippen LogP contribution in [0.1, 0.15) is 20.8 Å². The summed E-state index contributed by atoms with van der Waals surface area (Å²) in [7, 11) is 0. The normalized spacial score (nSPS) is 12.6. The number of rotatable bonds is 3. The van der Waals surface area contributed by atoms with Crippen LogP contribution in [0.3, 0.4) is 0 Å². The van der Waals surface area contributed by atoms with Gasteiger partial charge in [0.2, 0.25) is 0 Å². The minimum Gasteiger partial charge on any atom is -0.444 e. The lowest BCUT2D eigenvalue weighted by Crippen LogP contribution is -2.76. The van der Waals surface area contributed by atoms with Crippen molar-refractivity contribution in [3.05, 3.63) is 23.4 Å². The highest BCUT2D eigenvalue weighted by atomic mass is 35.5. The number of halogens is 1. The lowest BCUT2D eigenvalue weighted by Gasteiger charge is -2.20. The van der Waals surface area contributed by atoms with Crippen molar-refractivity contribution in [1.82, 2.24) is 5.32 Å². The number of hydrogen-bond donors (Lipinski definition) is 3. The third kappa shape index (κ3) is 6.89. The summed E-state index contributed by atoms with van der Waals surface area (Å²) in [5.74, 6) is 5.04. The van der Waals surface area contributed by atoms with Crippen LogP contribution in [0.25, 0.3) is 0 Å². The monoisotopic (exact) mass is 246 g/mol. The van der Waals surface area contributed by atoms with Crippen molar-refractivity contribution in [3.8, 4) is 0 Å². The summed E-state index contributed by atoms with van der Waals surface area (Å²) >= 11 is 5.67. The molecular weight excluding hydrogens is 230 g/mol. The van der Waals surface area contributed by atoms with E-state index in [0.29, 0.717) is 5.70 Å². The molecule has 0 spiro atoms.